The van der Waals surface area contributed by atoms with Crippen LogP contribution in [0.15, 0.2) is 30.5 Å². The van der Waals surface area contributed by atoms with Gasteiger partial charge in [0.1, 0.15) is 5.82 Å². The predicted molar refractivity (Wildman–Crippen MR) is 87.7 cm³/mol. The van der Waals surface area contributed by atoms with E-state index in [1.54, 1.807) is 0 Å². The van der Waals surface area contributed by atoms with Crippen LogP contribution in [0.3, 0.4) is 0 Å². The number of nitrogens with zero attached hydrogens (tertiary/aromatic N) is 2. The molecule has 1 aliphatic rings. The van der Waals surface area contributed by atoms with Crippen LogP contribution in [0.1, 0.15) is 44.0 Å². The van der Waals surface area contributed by atoms with Gasteiger partial charge >= 0.3 is 6.18 Å². The van der Waals surface area contributed by atoms with Crippen molar-refractivity contribution >= 4 is 5.82 Å². The van der Waals surface area contributed by atoms with Crippen molar-refractivity contribution in [3.63, 3.8) is 0 Å². The molecule has 0 saturated heterocycles. The van der Waals surface area contributed by atoms with E-state index in [9.17, 15) is 13.2 Å². The molecule has 6 heteroatoms. The number of anilines is 1. The summed E-state index contributed by atoms with van der Waals surface area (Å²) in [5.41, 5.74) is 2.61. The summed E-state index contributed by atoms with van der Waals surface area (Å²) >= 11 is 0. The molecule has 128 valence electrons. The second kappa shape index (κ2) is 6.79. The lowest BCUT2D eigenvalue weighted by Gasteiger charge is -2.17. The highest BCUT2D eigenvalue weighted by atomic mass is 19.4. The Morgan fingerprint density at radius 2 is 1.79 bits per heavy atom. The van der Waals surface area contributed by atoms with E-state index in [-0.39, 0.29) is 11.9 Å². The van der Waals surface area contributed by atoms with Gasteiger partial charge in [0.15, 0.2) is 0 Å². The van der Waals surface area contributed by atoms with Gasteiger partial charge in [0.2, 0.25) is 5.82 Å². The van der Waals surface area contributed by atoms with Gasteiger partial charge in [-0.1, -0.05) is 44.0 Å². The minimum Gasteiger partial charge on any atom is -0.367 e. The molecule has 1 aromatic heterocycles. The zero-order valence-electron chi connectivity index (χ0n) is 13.5. The maximum atomic E-state index is 13.0. The van der Waals surface area contributed by atoms with Gasteiger partial charge in [-0.15, -0.1) is 0 Å². The minimum absolute atomic E-state index is 0.176. The Bertz CT molecular complexity index is 690. The second-order valence-corrected chi connectivity index (χ2v) is 6.13. The highest BCUT2D eigenvalue weighted by Crippen LogP contribution is 2.33. The van der Waals surface area contributed by atoms with Crippen LogP contribution in [0.4, 0.5) is 19.0 Å². The van der Waals surface area contributed by atoms with Crippen molar-refractivity contribution in [3.05, 3.63) is 41.9 Å². The molecule has 2 aromatic rings. The SMILES string of the molecule is CCc1ccc(-c2cnc(C(F)(F)F)nc2NC2CCCC2)cc1. The molecular weight excluding hydrogens is 315 g/mol. The van der Waals surface area contributed by atoms with Gasteiger partial charge in [-0.3, -0.25) is 0 Å². The highest BCUT2D eigenvalue weighted by Gasteiger charge is 2.35. The molecule has 0 unspecified atom stereocenters. The maximum absolute atomic E-state index is 13.0. The largest absolute Gasteiger partial charge is 0.451 e. The molecule has 1 saturated carbocycles. The van der Waals surface area contributed by atoms with E-state index in [0.29, 0.717) is 5.56 Å². The minimum atomic E-state index is -4.54. The molecule has 0 amide bonds. The number of benzene rings is 1. The third kappa shape index (κ3) is 3.68. The van der Waals surface area contributed by atoms with Crippen LogP contribution in [-0.4, -0.2) is 16.0 Å². The number of hydrogen-bond acceptors (Lipinski definition) is 3. The first-order valence-corrected chi connectivity index (χ1v) is 8.27. The van der Waals surface area contributed by atoms with Gasteiger partial charge in [0.05, 0.1) is 0 Å². The Morgan fingerprint density at radius 3 is 2.38 bits per heavy atom. The summed E-state index contributed by atoms with van der Waals surface area (Å²) < 4.78 is 38.9. The first kappa shape index (κ1) is 16.7. The average Bonchev–Trinajstić information content (AvgIpc) is 3.07. The number of aromatic nitrogens is 2. The topological polar surface area (TPSA) is 37.8 Å². The third-order valence-electron chi connectivity index (χ3n) is 4.41. The van der Waals surface area contributed by atoms with Gasteiger partial charge in [-0.05, 0) is 30.4 Å². The van der Waals surface area contributed by atoms with Crippen molar-refractivity contribution in [2.75, 3.05) is 5.32 Å². The fourth-order valence-electron chi connectivity index (χ4n) is 3.02. The van der Waals surface area contributed by atoms with Crippen molar-refractivity contribution in [3.8, 4) is 11.1 Å². The monoisotopic (exact) mass is 335 g/mol. The lowest BCUT2D eigenvalue weighted by molar-refractivity contribution is -0.144. The van der Waals surface area contributed by atoms with Crippen molar-refractivity contribution in [1.29, 1.82) is 0 Å². The predicted octanol–water partition coefficient (Wildman–Crippen LogP) is 5.08. The summed E-state index contributed by atoms with van der Waals surface area (Å²) in [5.74, 6) is -0.828. The van der Waals surface area contributed by atoms with Gasteiger partial charge < -0.3 is 5.32 Å². The van der Waals surface area contributed by atoms with Gasteiger partial charge in [-0.2, -0.15) is 13.2 Å². The van der Waals surface area contributed by atoms with E-state index in [4.69, 9.17) is 0 Å². The van der Waals surface area contributed by atoms with Gasteiger partial charge in [0, 0.05) is 17.8 Å². The van der Waals surface area contributed by atoms with E-state index in [1.165, 1.54) is 11.8 Å². The van der Waals surface area contributed by atoms with Crippen LogP contribution in [-0.2, 0) is 12.6 Å². The molecule has 0 bridgehead atoms. The molecule has 1 N–H and O–H groups in total. The molecule has 1 aliphatic carbocycles. The lowest BCUT2D eigenvalue weighted by Crippen LogP contribution is -2.19. The number of rotatable bonds is 4. The fourth-order valence-corrected chi connectivity index (χ4v) is 3.02. The van der Waals surface area contributed by atoms with E-state index in [1.807, 2.05) is 24.3 Å². The van der Waals surface area contributed by atoms with E-state index < -0.39 is 12.0 Å². The smallest absolute Gasteiger partial charge is 0.367 e. The Morgan fingerprint density at radius 1 is 1.12 bits per heavy atom. The highest BCUT2D eigenvalue weighted by molar-refractivity contribution is 5.74. The Hall–Kier alpha value is -2.11. The molecule has 0 radical (unpaired) electrons. The van der Waals surface area contributed by atoms with Crippen LogP contribution in [0.2, 0.25) is 0 Å². The Balaban J connectivity index is 1.99. The number of alkyl halides is 3. The van der Waals surface area contributed by atoms with Crippen LogP contribution in [0.25, 0.3) is 11.1 Å². The average molecular weight is 335 g/mol. The first-order valence-electron chi connectivity index (χ1n) is 8.27. The Kier molecular flexibility index (Phi) is 4.73. The van der Waals surface area contributed by atoms with Crippen LogP contribution in [0.5, 0.6) is 0 Å². The molecule has 3 rings (SSSR count). The summed E-state index contributed by atoms with van der Waals surface area (Å²) in [6.45, 7) is 2.06. The number of nitrogens with one attached hydrogen (secondary N) is 1. The zero-order valence-corrected chi connectivity index (χ0v) is 13.5. The van der Waals surface area contributed by atoms with Crippen molar-refractivity contribution in [2.45, 2.75) is 51.2 Å². The van der Waals surface area contributed by atoms with Crippen molar-refractivity contribution in [2.24, 2.45) is 0 Å². The van der Waals surface area contributed by atoms with Crippen LogP contribution >= 0.6 is 0 Å². The third-order valence-corrected chi connectivity index (χ3v) is 4.41. The van der Waals surface area contributed by atoms with Gasteiger partial charge in [-0.25, -0.2) is 9.97 Å². The van der Waals surface area contributed by atoms with E-state index in [2.05, 4.69) is 22.2 Å². The molecule has 0 aliphatic heterocycles. The normalized spacial score (nSPS) is 15.7. The zero-order chi connectivity index (χ0) is 17.2. The molecule has 24 heavy (non-hydrogen) atoms. The fraction of sp³-hybridized carbons (Fsp3) is 0.444. The van der Waals surface area contributed by atoms with Crippen LogP contribution < -0.4 is 5.32 Å². The van der Waals surface area contributed by atoms with E-state index >= 15 is 0 Å². The van der Waals surface area contributed by atoms with Crippen LogP contribution in [0, 0.1) is 0 Å². The summed E-state index contributed by atoms with van der Waals surface area (Å²) in [7, 11) is 0. The van der Waals surface area contributed by atoms with Crippen molar-refractivity contribution < 1.29 is 13.2 Å². The molecule has 1 aromatic carbocycles. The standard InChI is InChI=1S/C18H20F3N3/c1-2-12-7-9-13(10-8-12)15-11-22-17(18(19,20)21)24-16(15)23-14-5-3-4-6-14/h7-11,14H,2-6H2,1H3,(H,22,23,24). The molecule has 0 atom stereocenters. The number of aryl methyl sites for hydroxylation is 1. The van der Waals surface area contributed by atoms with Crippen molar-refractivity contribution in [1.82, 2.24) is 9.97 Å². The molecule has 0 spiro atoms. The van der Waals surface area contributed by atoms with Gasteiger partial charge in [0.25, 0.3) is 0 Å². The Labute approximate surface area is 139 Å². The summed E-state index contributed by atoms with van der Waals surface area (Å²) in [6, 6.07) is 7.95. The second-order valence-electron chi connectivity index (χ2n) is 6.13. The molecule has 1 heterocycles. The van der Waals surface area contributed by atoms with E-state index in [0.717, 1.165) is 37.7 Å². The first-order chi connectivity index (χ1) is 11.5. The maximum Gasteiger partial charge on any atom is 0.451 e. The lowest BCUT2D eigenvalue weighted by atomic mass is 10.0. The molecular formula is C18H20F3N3. The summed E-state index contributed by atoms with van der Waals surface area (Å²) in [5, 5.41) is 3.20. The summed E-state index contributed by atoms with van der Waals surface area (Å²) in [4.78, 5) is 7.31. The molecule has 1 fully saturated rings. The molecule has 3 nitrogen and oxygen atoms in total. The quantitative estimate of drug-likeness (QED) is 0.847. The number of hydrogen-bond donors (Lipinski definition) is 1. The summed E-state index contributed by atoms with van der Waals surface area (Å²) in [6.07, 6.45) is 1.74. The number of halogens is 3.